The topological polar surface area (TPSA) is 42.4 Å². The second-order valence-corrected chi connectivity index (χ2v) is 10.6. The average Bonchev–Trinajstić information content (AvgIpc) is 3.03. The zero-order valence-electron chi connectivity index (χ0n) is 19.1. The van der Waals surface area contributed by atoms with Crippen molar-refractivity contribution in [3.8, 4) is 5.19 Å². The fourth-order valence-corrected chi connectivity index (χ4v) is 5.60. The molecule has 1 aromatic rings. The maximum Gasteiger partial charge on any atom is 0.389 e. The average molecular weight is 497 g/mol. The summed E-state index contributed by atoms with van der Waals surface area (Å²) in [6.45, 7) is 2.94. The van der Waals surface area contributed by atoms with Gasteiger partial charge >= 0.3 is 6.18 Å². The lowest BCUT2D eigenvalue weighted by molar-refractivity contribution is -0.143. The molecule has 0 unspecified atom stereocenters. The standard InChI is InChI=1S/C23H33F5N2O2S/c1-22(24,25)15-32-21-29-19-8-12-30(13-9-20(19)33-21)11-7-16-2-4-17(5-3-16)14-18(31)6-10-23(26,27)28/h16-17H,2-15H2,1H3. The van der Waals surface area contributed by atoms with Crippen molar-refractivity contribution in [3.63, 3.8) is 0 Å². The van der Waals surface area contributed by atoms with Gasteiger partial charge < -0.3 is 9.64 Å². The summed E-state index contributed by atoms with van der Waals surface area (Å²) < 4.78 is 67.9. The van der Waals surface area contributed by atoms with Crippen molar-refractivity contribution in [2.24, 2.45) is 11.8 Å². The number of ketones is 1. The Hall–Kier alpha value is -1.29. The number of hydrogen-bond donors (Lipinski definition) is 0. The highest BCUT2D eigenvalue weighted by molar-refractivity contribution is 7.13. The summed E-state index contributed by atoms with van der Waals surface area (Å²) in [5, 5.41) is 0.323. The van der Waals surface area contributed by atoms with Crippen LogP contribution in [0.25, 0.3) is 0 Å². The molecule has 0 amide bonds. The first kappa shape index (κ1) is 26.3. The van der Waals surface area contributed by atoms with Crippen LogP contribution in [0, 0.1) is 11.8 Å². The van der Waals surface area contributed by atoms with Crippen molar-refractivity contribution in [3.05, 3.63) is 10.6 Å². The maximum absolute atomic E-state index is 13.0. The molecule has 0 N–H and O–H groups in total. The van der Waals surface area contributed by atoms with Crippen LogP contribution in [0.2, 0.25) is 0 Å². The molecule has 0 atom stereocenters. The largest absolute Gasteiger partial charge is 0.464 e. The predicted octanol–water partition coefficient (Wildman–Crippen LogP) is 6.08. The number of carbonyl (C=O) groups excluding carboxylic acids is 1. The summed E-state index contributed by atoms with van der Waals surface area (Å²) in [4.78, 5) is 19.8. The molecule has 0 bridgehead atoms. The Morgan fingerprint density at radius 1 is 1.09 bits per heavy atom. The number of ether oxygens (including phenoxy) is 1. The Kier molecular flexibility index (Phi) is 9.11. The molecule has 3 rings (SSSR count). The smallest absolute Gasteiger partial charge is 0.389 e. The number of alkyl halides is 5. The second kappa shape index (κ2) is 11.4. The first-order valence-electron chi connectivity index (χ1n) is 11.8. The highest BCUT2D eigenvalue weighted by Gasteiger charge is 2.30. The Labute approximate surface area is 195 Å². The molecule has 1 aliphatic heterocycles. The SMILES string of the molecule is CC(F)(F)COc1nc2c(s1)CCN(CCC1CCC(CC(=O)CCC(F)(F)F)CC1)CC2. The number of nitrogens with zero attached hydrogens (tertiary/aromatic N) is 2. The van der Waals surface area contributed by atoms with Gasteiger partial charge in [0.15, 0.2) is 6.61 Å². The van der Waals surface area contributed by atoms with Crippen LogP contribution in [0.3, 0.4) is 0 Å². The summed E-state index contributed by atoms with van der Waals surface area (Å²) in [5.41, 5.74) is 0.951. The third kappa shape index (κ3) is 9.47. The number of Topliss-reactive ketones (excluding diaryl/α,β-unsaturated/α-hetero) is 1. The summed E-state index contributed by atoms with van der Waals surface area (Å²) in [5.74, 6) is -2.32. The van der Waals surface area contributed by atoms with E-state index in [1.165, 1.54) is 11.3 Å². The van der Waals surface area contributed by atoms with Crippen molar-refractivity contribution in [2.45, 2.75) is 83.2 Å². The lowest BCUT2D eigenvalue weighted by atomic mass is 9.78. The van der Waals surface area contributed by atoms with Gasteiger partial charge in [0.1, 0.15) is 5.78 Å². The van der Waals surface area contributed by atoms with Gasteiger partial charge in [-0.05, 0) is 44.1 Å². The molecule has 1 saturated carbocycles. The highest BCUT2D eigenvalue weighted by Crippen LogP contribution is 2.34. The van der Waals surface area contributed by atoms with E-state index in [-0.39, 0.29) is 18.1 Å². The molecule has 0 spiro atoms. The zero-order chi connectivity index (χ0) is 24.1. The Bertz CT molecular complexity index is 744. The quantitative estimate of drug-likeness (QED) is 0.369. The number of rotatable bonds is 10. The van der Waals surface area contributed by atoms with Crippen LogP contribution >= 0.6 is 11.3 Å². The van der Waals surface area contributed by atoms with E-state index in [0.29, 0.717) is 11.1 Å². The van der Waals surface area contributed by atoms with Crippen LogP contribution in [0.5, 0.6) is 5.19 Å². The minimum Gasteiger partial charge on any atom is -0.464 e. The van der Waals surface area contributed by atoms with E-state index in [0.717, 1.165) is 82.1 Å². The van der Waals surface area contributed by atoms with E-state index >= 15 is 0 Å². The van der Waals surface area contributed by atoms with Gasteiger partial charge in [-0.3, -0.25) is 4.79 Å². The Morgan fingerprint density at radius 3 is 2.42 bits per heavy atom. The van der Waals surface area contributed by atoms with Crippen molar-refractivity contribution in [1.82, 2.24) is 9.88 Å². The normalized spacial score (nSPS) is 22.6. The van der Waals surface area contributed by atoms with Crippen LogP contribution in [-0.2, 0) is 17.6 Å². The maximum atomic E-state index is 13.0. The van der Waals surface area contributed by atoms with Crippen molar-refractivity contribution in [1.29, 1.82) is 0 Å². The molecule has 10 heteroatoms. The van der Waals surface area contributed by atoms with E-state index in [9.17, 15) is 26.7 Å². The number of carbonyl (C=O) groups is 1. The minimum absolute atomic E-state index is 0.228. The minimum atomic E-state index is -4.26. The molecule has 0 aromatic carbocycles. The van der Waals surface area contributed by atoms with Crippen LogP contribution in [0.15, 0.2) is 0 Å². The van der Waals surface area contributed by atoms with E-state index in [2.05, 4.69) is 9.88 Å². The monoisotopic (exact) mass is 496 g/mol. The zero-order valence-corrected chi connectivity index (χ0v) is 19.9. The highest BCUT2D eigenvalue weighted by atomic mass is 32.1. The van der Waals surface area contributed by atoms with Gasteiger partial charge in [-0.1, -0.05) is 24.2 Å². The molecule has 188 valence electrons. The van der Waals surface area contributed by atoms with Crippen LogP contribution in [0.1, 0.15) is 68.9 Å². The van der Waals surface area contributed by atoms with E-state index in [4.69, 9.17) is 4.74 Å². The van der Waals surface area contributed by atoms with E-state index < -0.39 is 31.5 Å². The molecule has 33 heavy (non-hydrogen) atoms. The summed E-state index contributed by atoms with van der Waals surface area (Å²) >= 11 is 1.36. The summed E-state index contributed by atoms with van der Waals surface area (Å²) in [6, 6.07) is 0. The van der Waals surface area contributed by atoms with Crippen molar-refractivity contribution < 1.29 is 31.5 Å². The second-order valence-electron chi connectivity index (χ2n) is 9.58. The molecular formula is C23H33F5N2O2S. The molecule has 1 aromatic heterocycles. The van der Waals surface area contributed by atoms with Gasteiger partial charge in [-0.25, -0.2) is 13.8 Å². The Morgan fingerprint density at radius 2 is 1.76 bits per heavy atom. The van der Waals surface area contributed by atoms with Gasteiger partial charge in [-0.15, -0.1) is 0 Å². The summed E-state index contributed by atoms with van der Waals surface area (Å²) in [7, 11) is 0. The molecular weight excluding hydrogens is 463 g/mol. The van der Waals surface area contributed by atoms with Gasteiger partial charge in [-0.2, -0.15) is 13.2 Å². The van der Waals surface area contributed by atoms with Gasteiger partial charge in [0.05, 0.1) is 12.1 Å². The first-order valence-corrected chi connectivity index (χ1v) is 12.6. The fraction of sp³-hybridized carbons (Fsp3) is 0.826. The first-order chi connectivity index (χ1) is 15.5. The summed E-state index contributed by atoms with van der Waals surface area (Å²) in [6.07, 6.45) is 1.22. The lowest BCUT2D eigenvalue weighted by Gasteiger charge is -2.30. The van der Waals surface area contributed by atoms with Crippen LogP contribution in [0.4, 0.5) is 22.0 Å². The molecule has 1 fully saturated rings. The lowest BCUT2D eigenvalue weighted by Crippen LogP contribution is -2.30. The predicted molar refractivity (Wildman–Crippen MR) is 117 cm³/mol. The van der Waals surface area contributed by atoms with Gasteiger partial charge in [0, 0.05) is 44.2 Å². The number of halogens is 5. The van der Waals surface area contributed by atoms with Crippen molar-refractivity contribution >= 4 is 17.1 Å². The molecule has 2 heterocycles. The number of aromatic nitrogens is 1. The molecule has 2 aliphatic rings. The third-order valence-corrected chi connectivity index (χ3v) is 7.62. The third-order valence-electron chi connectivity index (χ3n) is 6.55. The number of fused-ring (bicyclic) bond motifs is 1. The molecule has 0 saturated heterocycles. The molecule has 1 aliphatic carbocycles. The Balaban J connectivity index is 1.33. The van der Waals surface area contributed by atoms with E-state index in [1.807, 2.05) is 0 Å². The fourth-order valence-electron chi connectivity index (χ4n) is 4.65. The van der Waals surface area contributed by atoms with Gasteiger partial charge in [0.25, 0.3) is 11.1 Å². The van der Waals surface area contributed by atoms with Crippen LogP contribution < -0.4 is 4.74 Å². The molecule has 0 radical (unpaired) electrons. The molecule has 4 nitrogen and oxygen atoms in total. The van der Waals surface area contributed by atoms with Crippen LogP contribution in [-0.4, -0.2) is 54.0 Å². The van der Waals surface area contributed by atoms with Crippen molar-refractivity contribution in [2.75, 3.05) is 26.2 Å². The number of thiazole rings is 1. The van der Waals surface area contributed by atoms with E-state index in [1.54, 1.807) is 0 Å². The number of hydrogen-bond acceptors (Lipinski definition) is 5. The van der Waals surface area contributed by atoms with Gasteiger partial charge in [0.2, 0.25) is 0 Å².